The summed E-state index contributed by atoms with van der Waals surface area (Å²) in [4.78, 5) is 30.2. The fourth-order valence-corrected chi connectivity index (χ4v) is 4.30. The van der Waals surface area contributed by atoms with E-state index in [0.717, 1.165) is 4.47 Å². The number of esters is 1. The third-order valence-electron chi connectivity index (χ3n) is 5.05. The highest BCUT2D eigenvalue weighted by Gasteiger charge is 2.24. The first kappa shape index (κ1) is 27.9. The molecule has 36 heavy (non-hydrogen) atoms. The molecule has 0 aliphatic rings. The second-order valence-corrected chi connectivity index (χ2v) is 10.8. The molecule has 0 fully saturated rings. The Morgan fingerprint density at radius 2 is 1.89 bits per heavy atom. The molecule has 0 saturated carbocycles. The molecule has 0 radical (unpaired) electrons. The van der Waals surface area contributed by atoms with Gasteiger partial charge in [-0.2, -0.15) is 9.78 Å². The van der Waals surface area contributed by atoms with Gasteiger partial charge in [0.2, 0.25) is 0 Å². The monoisotopic (exact) mass is 621 g/mol. The lowest BCUT2D eigenvalue weighted by Crippen LogP contribution is -2.29. The van der Waals surface area contributed by atoms with E-state index in [1.54, 1.807) is 38.3 Å². The number of aromatic nitrogens is 2. The maximum absolute atomic E-state index is 13.4. The van der Waals surface area contributed by atoms with E-state index in [4.69, 9.17) is 19.2 Å². The Hall–Kier alpha value is -2.72. The number of benzene rings is 2. The summed E-state index contributed by atoms with van der Waals surface area (Å²) in [6.45, 7) is 11.8. The minimum absolute atomic E-state index is 0.262. The van der Waals surface area contributed by atoms with Crippen molar-refractivity contribution in [1.82, 2.24) is 9.66 Å². The van der Waals surface area contributed by atoms with E-state index < -0.39 is 17.5 Å². The first-order valence-corrected chi connectivity index (χ1v) is 13.1. The number of hydrogen-bond donors (Lipinski definition) is 0. The first-order chi connectivity index (χ1) is 17.0. The molecule has 2 aromatic carbocycles. The largest absolute Gasteiger partial charge is 0.490 e. The number of carbonyl (C=O) groups is 1. The lowest BCUT2D eigenvalue weighted by atomic mass is 9.95. The van der Waals surface area contributed by atoms with Gasteiger partial charge in [-0.15, -0.1) is 0 Å². The zero-order valence-electron chi connectivity index (χ0n) is 21.1. The van der Waals surface area contributed by atoms with Gasteiger partial charge >= 0.3 is 5.97 Å². The van der Waals surface area contributed by atoms with Crippen LogP contribution in [-0.2, 0) is 14.9 Å². The number of halogens is 2. The summed E-state index contributed by atoms with van der Waals surface area (Å²) < 4.78 is 19.3. The maximum Gasteiger partial charge on any atom is 0.347 e. The summed E-state index contributed by atoms with van der Waals surface area (Å²) in [5, 5.41) is 4.98. The zero-order valence-corrected chi connectivity index (χ0v) is 24.3. The van der Waals surface area contributed by atoms with Crippen LogP contribution in [0.5, 0.6) is 11.5 Å². The van der Waals surface area contributed by atoms with Gasteiger partial charge in [0.25, 0.3) is 5.56 Å². The summed E-state index contributed by atoms with van der Waals surface area (Å²) in [6.07, 6.45) is 0.740. The quantitative estimate of drug-likeness (QED) is 0.232. The van der Waals surface area contributed by atoms with Crippen molar-refractivity contribution < 1.29 is 19.0 Å². The molecule has 10 heteroatoms. The van der Waals surface area contributed by atoms with Crippen molar-refractivity contribution in [3.8, 4) is 11.5 Å². The van der Waals surface area contributed by atoms with Crippen molar-refractivity contribution >= 4 is 54.9 Å². The number of hydrogen-bond acceptors (Lipinski definition) is 7. The highest BCUT2D eigenvalue weighted by molar-refractivity contribution is 9.10. The minimum Gasteiger partial charge on any atom is -0.490 e. The average Bonchev–Trinajstić information content (AvgIpc) is 2.80. The second-order valence-electron chi connectivity index (χ2n) is 8.98. The predicted molar refractivity (Wildman–Crippen MR) is 147 cm³/mol. The molecular formula is C26H29Br2N3O5. The van der Waals surface area contributed by atoms with E-state index in [1.165, 1.54) is 4.68 Å². The fraction of sp³-hybridized carbons (Fsp3) is 0.385. The predicted octanol–water partition coefficient (Wildman–Crippen LogP) is 5.83. The molecule has 1 atom stereocenters. The van der Waals surface area contributed by atoms with Gasteiger partial charge in [-0.25, -0.2) is 9.78 Å². The Morgan fingerprint density at radius 1 is 1.17 bits per heavy atom. The average molecular weight is 623 g/mol. The summed E-state index contributed by atoms with van der Waals surface area (Å²) in [5.74, 6) is 0.862. The van der Waals surface area contributed by atoms with Gasteiger partial charge in [-0.05, 0) is 72.6 Å². The Balaban J connectivity index is 2.08. The molecule has 8 nitrogen and oxygen atoms in total. The van der Waals surface area contributed by atoms with E-state index in [-0.39, 0.29) is 12.2 Å². The van der Waals surface area contributed by atoms with E-state index in [9.17, 15) is 9.59 Å². The smallest absolute Gasteiger partial charge is 0.347 e. The molecule has 0 N–H and O–H groups in total. The zero-order chi connectivity index (χ0) is 26.6. The Bertz CT molecular complexity index is 1360. The summed E-state index contributed by atoms with van der Waals surface area (Å²) in [7, 11) is 0. The molecule has 1 heterocycles. The van der Waals surface area contributed by atoms with Crippen molar-refractivity contribution in [3.05, 3.63) is 61.0 Å². The third-order valence-corrected chi connectivity index (χ3v) is 6.13. The van der Waals surface area contributed by atoms with Crippen LogP contribution in [0.4, 0.5) is 0 Å². The Labute approximate surface area is 226 Å². The highest BCUT2D eigenvalue weighted by atomic mass is 79.9. The molecule has 192 valence electrons. The van der Waals surface area contributed by atoms with Crippen LogP contribution < -0.4 is 15.0 Å². The minimum atomic E-state index is -0.823. The van der Waals surface area contributed by atoms with Crippen molar-refractivity contribution in [3.63, 3.8) is 0 Å². The third kappa shape index (κ3) is 6.34. The van der Waals surface area contributed by atoms with Gasteiger partial charge in [0, 0.05) is 9.89 Å². The number of carbonyl (C=O) groups excluding carboxylic acids is 1. The molecular weight excluding hydrogens is 594 g/mol. The molecule has 0 bridgehead atoms. The number of fused-ring (bicyclic) bond motifs is 1. The normalized spacial score (nSPS) is 12.7. The second kappa shape index (κ2) is 11.6. The highest BCUT2D eigenvalue weighted by Crippen LogP contribution is 2.37. The van der Waals surface area contributed by atoms with Crippen LogP contribution >= 0.6 is 31.9 Å². The molecule has 0 amide bonds. The number of ether oxygens (including phenoxy) is 3. The molecule has 3 aromatic rings. The van der Waals surface area contributed by atoms with Crippen LogP contribution in [0.2, 0.25) is 0 Å². The van der Waals surface area contributed by atoms with E-state index >= 15 is 0 Å². The van der Waals surface area contributed by atoms with Crippen LogP contribution in [0.25, 0.3) is 10.9 Å². The molecule has 0 aliphatic carbocycles. The lowest BCUT2D eigenvalue weighted by Gasteiger charge is -2.21. The van der Waals surface area contributed by atoms with Gasteiger partial charge in [0.05, 0.1) is 34.8 Å². The van der Waals surface area contributed by atoms with Gasteiger partial charge in [0.15, 0.2) is 17.6 Å². The topological polar surface area (TPSA) is 92.0 Å². The van der Waals surface area contributed by atoms with E-state index in [0.29, 0.717) is 44.9 Å². The van der Waals surface area contributed by atoms with Gasteiger partial charge in [0.1, 0.15) is 5.82 Å². The van der Waals surface area contributed by atoms with Crippen LogP contribution in [0.1, 0.15) is 52.9 Å². The molecule has 0 spiro atoms. The lowest BCUT2D eigenvalue weighted by molar-refractivity contribution is -0.150. The molecule has 3 rings (SSSR count). The Kier molecular flexibility index (Phi) is 8.94. The number of rotatable bonds is 8. The van der Waals surface area contributed by atoms with Crippen molar-refractivity contribution in [2.45, 2.75) is 53.1 Å². The van der Waals surface area contributed by atoms with Crippen LogP contribution in [-0.4, -0.2) is 41.2 Å². The van der Waals surface area contributed by atoms with Crippen molar-refractivity contribution in [2.24, 2.45) is 5.10 Å². The van der Waals surface area contributed by atoms with Crippen LogP contribution in [0, 0.1) is 0 Å². The van der Waals surface area contributed by atoms with Crippen molar-refractivity contribution in [1.29, 1.82) is 0 Å². The molecule has 0 saturated heterocycles. The van der Waals surface area contributed by atoms with Gasteiger partial charge < -0.3 is 14.2 Å². The fourth-order valence-electron chi connectivity index (χ4n) is 3.39. The maximum atomic E-state index is 13.4. The summed E-state index contributed by atoms with van der Waals surface area (Å²) in [6, 6.07) is 8.91. The van der Waals surface area contributed by atoms with Crippen molar-refractivity contribution in [2.75, 3.05) is 13.2 Å². The van der Waals surface area contributed by atoms with Crippen LogP contribution in [0.15, 0.2) is 49.2 Å². The molecule has 0 unspecified atom stereocenters. The van der Waals surface area contributed by atoms with Crippen LogP contribution in [0.3, 0.4) is 0 Å². The molecule has 0 aliphatic heterocycles. The van der Waals surface area contributed by atoms with E-state index in [1.807, 2.05) is 39.8 Å². The van der Waals surface area contributed by atoms with Gasteiger partial charge in [-0.3, -0.25) is 4.79 Å². The summed E-state index contributed by atoms with van der Waals surface area (Å²) >= 11 is 6.93. The standard InChI is InChI=1S/C26H29Br2N3O5/c1-7-34-21-12-16(11-19(28)22(21)36-15(3)24(33)35-8-2)14-29-31-23(32)18-13-17(27)9-10-20(18)30-25(31)26(4,5)6/h9-15H,7-8H2,1-6H3/t15-/m1/s1. The summed E-state index contributed by atoms with van der Waals surface area (Å²) in [5.41, 5.74) is 0.561. The number of nitrogens with zero attached hydrogens (tertiary/aromatic N) is 3. The van der Waals surface area contributed by atoms with Gasteiger partial charge in [-0.1, -0.05) is 36.7 Å². The first-order valence-electron chi connectivity index (χ1n) is 11.5. The molecule has 1 aromatic heterocycles. The van der Waals surface area contributed by atoms with E-state index in [2.05, 4.69) is 37.0 Å². The SMILES string of the molecule is CCOC(=O)[C@@H](C)Oc1c(Br)cc(C=Nn2c(C(C)(C)C)nc3ccc(Br)cc3c2=O)cc1OCC. The Morgan fingerprint density at radius 3 is 2.53 bits per heavy atom.